The molecule has 24 heavy (non-hydrogen) atoms. The molecule has 126 valence electrons. The molecular weight excluding hydrogens is 313 g/mol. The van der Waals surface area contributed by atoms with Crippen LogP contribution in [0.2, 0.25) is 0 Å². The minimum atomic E-state index is -0.620. The summed E-state index contributed by atoms with van der Waals surface area (Å²) in [5.41, 5.74) is 0.606. The zero-order valence-corrected chi connectivity index (χ0v) is 13.2. The second kappa shape index (κ2) is 8.67. The van der Waals surface area contributed by atoms with Crippen LogP contribution in [0.3, 0.4) is 0 Å². The molecule has 0 saturated carbocycles. The van der Waals surface area contributed by atoms with Gasteiger partial charge in [0.25, 0.3) is 5.91 Å². The van der Waals surface area contributed by atoms with Crippen molar-refractivity contribution in [1.29, 1.82) is 0 Å². The molecule has 0 aliphatic rings. The summed E-state index contributed by atoms with van der Waals surface area (Å²) < 4.78 is 23.1. The zero-order chi connectivity index (χ0) is 17.4. The fraction of sp³-hybridized carbons (Fsp3) is 0.222. The summed E-state index contributed by atoms with van der Waals surface area (Å²) in [4.78, 5) is 23.6. The third-order valence-corrected chi connectivity index (χ3v) is 3.32. The quantitative estimate of drug-likeness (QED) is 0.792. The van der Waals surface area contributed by atoms with Crippen LogP contribution in [0.4, 0.5) is 4.39 Å². The number of para-hydroxylation sites is 1. The predicted octanol–water partition coefficient (Wildman–Crippen LogP) is 2.63. The highest BCUT2D eigenvalue weighted by atomic mass is 19.1. The van der Waals surface area contributed by atoms with E-state index in [0.717, 1.165) is 0 Å². The Morgan fingerprint density at radius 2 is 1.75 bits per heavy atom. The van der Waals surface area contributed by atoms with Gasteiger partial charge in [0.1, 0.15) is 11.6 Å². The molecular formula is C18H18FNO4. The molecule has 5 nitrogen and oxygen atoms in total. The zero-order valence-electron chi connectivity index (χ0n) is 13.2. The maximum Gasteiger partial charge on any atom is 0.307 e. The first-order chi connectivity index (χ1) is 11.6. The van der Waals surface area contributed by atoms with Gasteiger partial charge in [-0.15, -0.1) is 0 Å². The summed E-state index contributed by atoms with van der Waals surface area (Å²) >= 11 is 0. The number of carbonyl (C=O) groups is 2. The van der Waals surface area contributed by atoms with Gasteiger partial charge in [0, 0.05) is 0 Å². The molecule has 0 saturated heterocycles. The number of halogens is 1. The number of benzene rings is 2. The van der Waals surface area contributed by atoms with Crippen molar-refractivity contribution in [2.24, 2.45) is 0 Å². The van der Waals surface area contributed by atoms with Gasteiger partial charge in [-0.2, -0.15) is 0 Å². The molecule has 0 bridgehead atoms. The van der Waals surface area contributed by atoms with Crippen LogP contribution in [0, 0.1) is 5.82 Å². The van der Waals surface area contributed by atoms with E-state index in [2.05, 4.69) is 10.1 Å². The Bertz CT molecular complexity index is 673. The van der Waals surface area contributed by atoms with Crippen molar-refractivity contribution in [3.63, 3.8) is 0 Å². The first-order valence-corrected chi connectivity index (χ1v) is 7.38. The molecule has 0 radical (unpaired) electrons. The number of esters is 1. The molecule has 1 amide bonds. The largest absolute Gasteiger partial charge is 0.484 e. The van der Waals surface area contributed by atoms with Crippen LogP contribution in [0.15, 0.2) is 54.6 Å². The third-order valence-electron chi connectivity index (χ3n) is 3.32. The molecule has 0 heterocycles. The van der Waals surface area contributed by atoms with E-state index >= 15 is 0 Å². The van der Waals surface area contributed by atoms with Gasteiger partial charge < -0.3 is 14.8 Å². The Labute approximate surface area is 139 Å². The highest BCUT2D eigenvalue weighted by molar-refractivity contribution is 5.79. The van der Waals surface area contributed by atoms with Crippen LogP contribution in [-0.2, 0) is 14.3 Å². The van der Waals surface area contributed by atoms with Crippen LogP contribution in [-0.4, -0.2) is 25.6 Å². The van der Waals surface area contributed by atoms with Crippen molar-refractivity contribution in [2.75, 3.05) is 13.7 Å². The Morgan fingerprint density at radius 1 is 1.08 bits per heavy atom. The van der Waals surface area contributed by atoms with Crippen LogP contribution in [0.1, 0.15) is 18.0 Å². The van der Waals surface area contributed by atoms with E-state index in [9.17, 15) is 14.0 Å². The fourth-order valence-corrected chi connectivity index (χ4v) is 2.10. The minimum Gasteiger partial charge on any atom is -0.484 e. The molecule has 0 aliphatic carbocycles. The van der Waals surface area contributed by atoms with Gasteiger partial charge in [0.2, 0.25) is 0 Å². The van der Waals surface area contributed by atoms with Crippen molar-refractivity contribution < 1.29 is 23.5 Å². The van der Waals surface area contributed by atoms with E-state index in [4.69, 9.17) is 4.74 Å². The number of rotatable bonds is 7. The highest BCUT2D eigenvalue weighted by Crippen LogP contribution is 2.18. The summed E-state index contributed by atoms with van der Waals surface area (Å²) in [7, 11) is 1.27. The van der Waals surface area contributed by atoms with Crippen molar-refractivity contribution in [3.8, 4) is 5.75 Å². The summed E-state index contributed by atoms with van der Waals surface area (Å²) in [5, 5.41) is 2.70. The fourth-order valence-electron chi connectivity index (χ4n) is 2.10. The lowest BCUT2D eigenvalue weighted by Crippen LogP contribution is -2.34. The average Bonchev–Trinajstić information content (AvgIpc) is 2.61. The van der Waals surface area contributed by atoms with Crippen LogP contribution in [0.25, 0.3) is 0 Å². The number of carbonyl (C=O) groups excluding carboxylic acids is 2. The SMILES string of the molecule is COC(=O)C[C@H](NC(=O)COc1ccccc1)c1ccc(F)cc1. The van der Waals surface area contributed by atoms with E-state index in [1.54, 1.807) is 24.3 Å². The lowest BCUT2D eigenvalue weighted by molar-refractivity contribution is -0.141. The molecule has 2 aromatic rings. The second-order valence-corrected chi connectivity index (χ2v) is 5.05. The predicted molar refractivity (Wildman–Crippen MR) is 85.9 cm³/mol. The molecule has 0 unspecified atom stereocenters. The molecule has 2 rings (SSSR count). The maximum absolute atomic E-state index is 13.1. The topological polar surface area (TPSA) is 64.6 Å². The van der Waals surface area contributed by atoms with E-state index in [1.807, 2.05) is 6.07 Å². The van der Waals surface area contributed by atoms with Crippen LogP contribution < -0.4 is 10.1 Å². The van der Waals surface area contributed by atoms with Gasteiger partial charge >= 0.3 is 5.97 Å². The number of ether oxygens (including phenoxy) is 2. The minimum absolute atomic E-state index is 0.0563. The second-order valence-electron chi connectivity index (χ2n) is 5.05. The highest BCUT2D eigenvalue weighted by Gasteiger charge is 2.19. The summed E-state index contributed by atoms with van der Waals surface area (Å²) in [5.74, 6) is -0.695. The van der Waals surface area contributed by atoms with Gasteiger partial charge in [-0.3, -0.25) is 9.59 Å². The molecule has 0 aliphatic heterocycles. The number of nitrogens with one attached hydrogen (secondary N) is 1. The first kappa shape index (κ1) is 17.5. The van der Waals surface area contributed by atoms with Crippen LogP contribution >= 0.6 is 0 Å². The Morgan fingerprint density at radius 3 is 2.38 bits per heavy atom. The molecule has 0 aromatic heterocycles. The van der Waals surface area contributed by atoms with Gasteiger partial charge in [0.05, 0.1) is 19.6 Å². The molecule has 0 spiro atoms. The number of hydrogen-bond donors (Lipinski definition) is 1. The number of hydrogen-bond acceptors (Lipinski definition) is 4. The molecule has 1 atom stereocenters. The van der Waals surface area contributed by atoms with Crippen molar-refractivity contribution in [3.05, 3.63) is 66.0 Å². The van der Waals surface area contributed by atoms with Gasteiger partial charge in [-0.25, -0.2) is 4.39 Å². The van der Waals surface area contributed by atoms with E-state index in [-0.39, 0.29) is 13.0 Å². The smallest absolute Gasteiger partial charge is 0.307 e. The molecule has 2 aromatic carbocycles. The molecule has 1 N–H and O–H groups in total. The maximum atomic E-state index is 13.1. The normalized spacial score (nSPS) is 11.4. The summed E-state index contributed by atoms with van der Waals surface area (Å²) in [6.07, 6.45) is -0.0563. The first-order valence-electron chi connectivity index (χ1n) is 7.38. The van der Waals surface area contributed by atoms with Crippen molar-refractivity contribution in [2.45, 2.75) is 12.5 Å². The van der Waals surface area contributed by atoms with Gasteiger partial charge in [-0.1, -0.05) is 30.3 Å². The summed E-state index contributed by atoms with van der Waals surface area (Å²) in [6, 6.07) is 13.9. The Hall–Kier alpha value is -2.89. The number of amides is 1. The molecule has 0 fully saturated rings. The standard InChI is InChI=1S/C18H18FNO4/c1-23-18(22)11-16(13-7-9-14(19)10-8-13)20-17(21)12-24-15-5-3-2-4-6-15/h2-10,16H,11-12H2,1H3,(H,20,21)/t16-/m0/s1. The van der Waals surface area contributed by atoms with Gasteiger partial charge in [-0.05, 0) is 29.8 Å². The summed E-state index contributed by atoms with van der Waals surface area (Å²) in [6.45, 7) is -0.192. The lowest BCUT2D eigenvalue weighted by atomic mass is 10.0. The van der Waals surface area contributed by atoms with Gasteiger partial charge in [0.15, 0.2) is 6.61 Å². The van der Waals surface area contributed by atoms with E-state index in [1.165, 1.54) is 31.4 Å². The van der Waals surface area contributed by atoms with E-state index in [0.29, 0.717) is 11.3 Å². The van der Waals surface area contributed by atoms with Crippen LogP contribution in [0.5, 0.6) is 5.75 Å². The monoisotopic (exact) mass is 331 g/mol. The Kier molecular flexibility index (Phi) is 6.31. The molecule has 6 heteroatoms. The number of methoxy groups -OCH3 is 1. The lowest BCUT2D eigenvalue weighted by Gasteiger charge is -2.18. The van der Waals surface area contributed by atoms with E-state index < -0.39 is 23.7 Å². The van der Waals surface area contributed by atoms with Crippen molar-refractivity contribution >= 4 is 11.9 Å². The Balaban J connectivity index is 2.00. The van der Waals surface area contributed by atoms with Crippen molar-refractivity contribution in [1.82, 2.24) is 5.32 Å². The average molecular weight is 331 g/mol. The third kappa shape index (κ3) is 5.39.